The van der Waals surface area contributed by atoms with Crippen molar-refractivity contribution in [3.63, 3.8) is 0 Å². The first-order valence-electron chi connectivity index (χ1n) is 4.44. The first-order valence-corrected chi connectivity index (χ1v) is 4.44. The normalized spacial score (nSPS) is 8.62. The highest BCUT2D eigenvalue weighted by atomic mass is 16.5. The summed E-state index contributed by atoms with van der Waals surface area (Å²) in [4.78, 5) is 21.4. The molecule has 0 amide bonds. The summed E-state index contributed by atoms with van der Waals surface area (Å²) in [6.45, 7) is 0. The third-order valence-electron chi connectivity index (χ3n) is 1.84. The SMILES string of the molecule is COC(=O)C#Cc1cc(C=O)ccc1OC. The first-order chi connectivity index (χ1) is 7.71. The van der Waals surface area contributed by atoms with Crippen LogP contribution >= 0.6 is 0 Å². The summed E-state index contributed by atoms with van der Waals surface area (Å²) in [5.41, 5.74) is 0.937. The maximum absolute atomic E-state index is 10.8. The molecule has 82 valence electrons. The molecule has 0 aliphatic carbocycles. The van der Waals surface area contributed by atoms with E-state index >= 15 is 0 Å². The number of carbonyl (C=O) groups is 2. The maximum atomic E-state index is 10.8. The Labute approximate surface area is 93.2 Å². The Hall–Kier alpha value is -2.28. The van der Waals surface area contributed by atoms with E-state index in [2.05, 4.69) is 16.6 Å². The minimum absolute atomic E-state index is 0.468. The smallest absolute Gasteiger partial charge is 0.384 e. The highest BCUT2D eigenvalue weighted by Crippen LogP contribution is 2.17. The molecule has 1 aromatic rings. The van der Waals surface area contributed by atoms with Gasteiger partial charge < -0.3 is 9.47 Å². The average Bonchev–Trinajstić information content (AvgIpc) is 2.35. The van der Waals surface area contributed by atoms with E-state index in [0.717, 1.165) is 0 Å². The van der Waals surface area contributed by atoms with Gasteiger partial charge >= 0.3 is 5.97 Å². The van der Waals surface area contributed by atoms with Gasteiger partial charge in [0.05, 0.1) is 19.8 Å². The molecule has 0 saturated carbocycles. The van der Waals surface area contributed by atoms with E-state index in [1.807, 2.05) is 0 Å². The van der Waals surface area contributed by atoms with Gasteiger partial charge in [-0.25, -0.2) is 4.79 Å². The van der Waals surface area contributed by atoms with Crippen LogP contribution in [-0.4, -0.2) is 26.5 Å². The third-order valence-corrected chi connectivity index (χ3v) is 1.84. The molecule has 0 N–H and O–H groups in total. The lowest BCUT2D eigenvalue weighted by atomic mass is 10.1. The Balaban J connectivity index is 3.12. The van der Waals surface area contributed by atoms with Crippen LogP contribution in [0.15, 0.2) is 18.2 Å². The summed E-state index contributed by atoms with van der Waals surface area (Å²) in [7, 11) is 2.73. The minimum atomic E-state index is -0.640. The van der Waals surface area contributed by atoms with Crippen molar-refractivity contribution < 1.29 is 19.1 Å². The quantitative estimate of drug-likeness (QED) is 0.422. The van der Waals surface area contributed by atoms with Crippen LogP contribution in [0.4, 0.5) is 0 Å². The van der Waals surface area contributed by atoms with Crippen LogP contribution in [0.25, 0.3) is 0 Å². The van der Waals surface area contributed by atoms with Crippen molar-refractivity contribution >= 4 is 12.3 Å². The lowest BCUT2D eigenvalue weighted by molar-refractivity contribution is -0.133. The molecule has 0 fully saturated rings. The summed E-state index contributed by atoms with van der Waals surface area (Å²) in [5.74, 6) is 4.71. The van der Waals surface area contributed by atoms with E-state index in [0.29, 0.717) is 23.2 Å². The lowest BCUT2D eigenvalue weighted by Gasteiger charge is -2.02. The number of hydrogen-bond acceptors (Lipinski definition) is 4. The number of benzene rings is 1. The summed E-state index contributed by atoms with van der Waals surface area (Å²) < 4.78 is 9.42. The van der Waals surface area contributed by atoms with Gasteiger partial charge in [-0.3, -0.25) is 4.79 Å². The lowest BCUT2D eigenvalue weighted by Crippen LogP contribution is -1.95. The molecule has 0 bridgehead atoms. The molecule has 0 aliphatic rings. The number of rotatable bonds is 2. The van der Waals surface area contributed by atoms with Gasteiger partial charge in [0.1, 0.15) is 12.0 Å². The molecule has 0 saturated heterocycles. The molecule has 1 aromatic carbocycles. The van der Waals surface area contributed by atoms with Crippen molar-refractivity contribution in [3.8, 4) is 17.6 Å². The summed E-state index contributed by atoms with van der Waals surface area (Å²) >= 11 is 0. The fraction of sp³-hybridized carbons (Fsp3) is 0.167. The fourth-order valence-electron chi connectivity index (χ4n) is 1.07. The number of methoxy groups -OCH3 is 2. The maximum Gasteiger partial charge on any atom is 0.384 e. The fourth-order valence-corrected chi connectivity index (χ4v) is 1.07. The number of carbonyl (C=O) groups excluding carboxylic acids is 2. The van der Waals surface area contributed by atoms with Gasteiger partial charge in [-0.2, -0.15) is 0 Å². The topological polar surface area (TPSA) is 52.6 Å². The van der Waals surface area contributed by atoms with E-state index in [9.17, 15) is 9.59 Å². The van der Waals surface area contributed by atoms with E-state index in [4.69, 9.17) is 4.74 Å². The zero-order valence-corrected chi connectivity index (χ0v) is 8.94. The van der Waals surface area contributed by atoms with Crippen molar-refractivity contribution in [2.45, 2.75) is 0 Å². The zero-order valence-electron chi connectivity index (χ0n) is 8.94. The first kappa shape index (κ1) is 11.8. The molecule has 1 rings (SSSR count). The van der Waals surface area contributed by atoms with Crippen molar-refractivity contribution in [1.29, 1.82) is 0 Å². The predicted octanol–water partition coefficient (Wildman–Crippen LogP) is 1.03. The number of ether oxygens (including phenoxy) is 2. The van der Waals surface area contributed by atoms with Gasteiger partial charge in [0.2, 0.25) is 0 Å². The Kier molecular flexibility index (Phi) is 4.10. The second-order valence-electron chi connectivity index (χ2n) is 2.82. The van der Waals surface area contributed by atoms with Crippen LogP contribution in [0.3, 0.4) is 0 Å². The summed E-state index contributed by atoms with van der Waals surface area (Å²) in [6.07, 6.45) is 0.697. The summed E-state index contributed by atoms with van der Waals surface area (Å²) in [5, 5.41) is 0. The standard InChI is InChI=1S/C12H10O4/c1-15-11-5-3-9(8-13)7-10(11)4-6-12(14)16-2/h3,5,7-8H,1-2H3. The molecule has 4 heteroatoms. The van der Waals surface area contributed by atoms with Crippen LogP contribution in [-0.2, 0) is 9.53 Å². The molecule has 0 heterocycles. The van der Waals surface area contributed by atoms with Crippen LogP contribution in [0.1, 0.15) is 15.9 Å². The van der Waals surface area contributed by atoms with Crippen LogP contribution < -0.4 is 4.74 Å². The minimum Gasteiger partial charge on any atom is -0.495 e. The van der Waals surface area contributed by atoms with Crippen LogP contribution in [0, 0.1) is 11.8 Å². The van der Waals surface area contributed by atoms with Gasteiger partial charge in [-0.05, 0) is 18.2 Å². The van der Waals surface area contributed by atoms with Crippen LogP contribution in [0.5, 0.6) is 5.75 Å². The van der Waals surface area contributed by atoms with Gasteiger partial charge in [-0.15, -0.1) is 0 Å². The number of esters is 1. The Morgan fingerprint density at radius 1 is 1.38 bits per heavy atom. The van der Waals surface area contributed by atoms with Crippen molar-refractivity contribution in [2.24, 2.45) is 0 Å². The number of hydrogen-bond donors (Lipinski definition) is 0. The molecule has 0 atom stereocenters. The molecule has 4 nitrogen and oxygen atoms in total. The predicted molar refractivity (Wildman–Crippen MR) is 57.3 cm³/mol. The second-order valence-corrected chi connectivity index (χ2v) is 2.82. The Bertz CT molecular complexity index is 466. The molecular weight excluding hydrogens is 208 g/mol. The molecule has 0 aliphatic heterocycles. The molecular formula is C12H10O4. The second kappa shape index (κ2) is 5.56. The number of aldehydes is 1. The third kappa shape index (κ3) is 2.85. The van der Waals surface area contributed by atoms with Gasteiger partial charge in [0, 0.05) is 11.5 Å². The van der Waals surface area contributed by atoms with Crippen molar-refractivity contribution in [3.05, 3.63) is 29.3 Å². The zero-order chi connectivity index (χ0) is 12.0. The van der Waals surface area contributed by atoms with E-state index < -0.39 is 5.97 Å². The largest absolute Gasteiger partial charge is 0.495 e. The van der Waals surface area contributed by atoms with Gasteiger partial charge in [-0.1, -0.05) is 5.92 Å². The van der Waals surface area contributed by atoms with Gasteiger partial charge in [0.15, 0.2) is 0 Å². The van der Waals surface area contributed by atoms with E-state index in [1.54, 1.807) is 18.2 Å². The highest BCUT2D eigenvalue weighted by molar-refractivity contribution is 5.89. The highest BCUT2D eigenvalue weighted by Gasteiger charge is 2.01. The van der Waals surface area contributed by atoms with Crippen molar-refractivity contribution in [2.75, 3.05) is 14.2 Å². The van der Waals surface area contributed by atoms with E-state index in [1.165, 1.54) is 14.2 Å². The van der Waals surface area contributed by atoms with E-state index in [-0.39, 0.29) is 0 Å². The molecule has 0 radical (unpaired) electrons. The molecule has 16 heavy (non-hydrogen) atoms. The molecule has 0 aromatic heterocycles. The Morgan fingerprint density at radius 3 is 2.69 bits per heavy atom. The summed E-state index contributed by atoms with van der Waals surface area (Å²) in [6, 6.07) is 4.77. The van der Waals surface area contributed by atoms with Crippen LogP contribution in [0.2, 0.25) is 0 Å². The monoisotopic (exact) mass is 218 g/mol. The van der Waals surface area contributed by atoms with Crippen molar-refractivity contribution in [1.82, 2.24) is 0 Å². The van der Waals surface area contributed by atoms with Gasteiger partial charge in [0.25, 0.3) is 0 Å². The Morgan fingerprint density at radius 2 is 2.12 bits per heavy atom. The average molecular weight is 218 g/mol. The molecule has 0 unspecified atom stereocenters. The molecule has 0 spiro atoms.